The van der Waals surface area contributed by atoms with E-state index in [-0.39, 0.29) is 11.3 Å². The summed E-state index contributed by atoms with van der Waals surface area (Å²) in [7, 11) is 0. The van der Waals surface area contributed by atoms with Crippen molar-refractivity contribution < 1.29 is 9.21 Å². The molecule has 0 saturated carbocycles. The Labute approximate surface area is 159 Å². The molecule has 0 unspecified atom stereocenters. The van der Waals surface area contributed by atoms with Gasteiger partial charge in [0.1, 0.15) is 11.3 Å². The predicted molar refractivity (Wildman–Crippen MR) is 107 cm³/mol. The van der Waals surface area contributed by atoms with E-state index in [0.29, 0.717) is 27.4 Å². The van der Waals surface area contributed by atoms with Crippen LogP contribution in [0.25, 0.3) is 22.3 Å². The maximum absolute atomic E-state index is 12.4. The molecular formula is C21H16N2O3S. The molecule has 2 aromatic carbocycles. The highest BCUT2D eigenvalue weighted by molar-refractivity contribution is 7.15. The highest BCUT2D eigenvalue weighted by Gasteiger charge is 2.11. The number of thiazole rings is 1. The third kappa shape index (κ3) is 3.52. The number of rotatable bonds is 3. The first kappa shape index (κ1) is 17.2. The second kappa shape index (κ2) is 6.81. The molecule has 1 N–H and O–H groups in total. The molecule has 2 heterocycles. The average Bonchev–Trinajstić information content (AvgIpc) is 3.07. The normalized spacial score (nSPS) is 10.9. The van der Waals surface area contributed by atoms with Gasteiger partial charge in [-0.2, -0.15) is 0 Å². The summed E-state index contributed by atoms with van der Waals surface area (Å²) < 4.78 is 5.87. The molecule has 0 fully saturated rings. The second-order valence-electron chi connectivity index (χ2n) is 6.28. The van der Waals surface area contributed by atoms with Crippen molar-refractivity contribution in [1.82, 2.24) is 4.98 Å². The molecule has 0 aliphatic rings. The molecule has 27 heavy (non-hydrogen) atoms. The lowest BCUT2D eigenvalue weighted by Crippen LogP contribution is -2.11. The lowest BCUT2D eigenvalue weighted by atomic mass is 10.1. The molecule has 4 aromatic rings. The van der Waals surface area contributed by atoms with Crippen molar-refractivity contribution in [3.8, 4) is 11.3 Å². The van der Waals surface area contributed by atoms with Gasteiger partial charge in [0.25, 0.3) is 5.91 Å². The number of fused-ring (bicyclic) bond motifs is 1. The molecular weight excluding hydrogens is 360 g/mol. The fourth-order valence-corrected chi connectivity index (χ4v) is 3.44. The number of aromatic nitrogens is 1. The van der Waals surface area contributed by atoms with Gasteiger partial charge in [-0.25, -0.2) is 4.98 Å². The Hall–Kier alpha value is -3.25. The van der Waals surface area contributed by atoms with Crippen LogP contribution in [0.5, 0.6) is 0 Å². The van der Waals surface area contributed by atoms with Gasteiger partial charge in [-0.05, 0) is 38.1 Å². The van der Waals surface area contributed by atoms with E-state index >= 15 is 0 Å². The molecule has 0 aliphatic heterocycles. The van der Waals surface area contributed by atoms with Crippen molar-refractivity contribution in [2.45, 2.75) is 13.8 Å². The lowest BCUT2D eigenvalue weighted by Gasteiger charge is -2.06. The standard InChI is InChI=1S/C21H16N2O3S/c1-12-3-8-18-16(9-12)17(24)10-19(26-18)14-4-6-15(7-5-14)20(25)23-21-22-11-13(2)27-21/h3-11H,1-2H3,(H,22,23,25). The number of anilines is 1. The highest BCUT2D eigenvalue weighted by Crippen LogP contribution is 2.24. The monoisotopic (exact) mass is 376 g/mol. The topological polar surface area (TPSA) is 72.2 Å². The van der Waals surface area contributed by atoms with E-state index in [9.17, 15) is 9.59 Å². The van der Waals surface area contributed by atoms with Gasteiger partial charge < -0.3 is 4.42 Å². The molecule has 0 aliphatic carbocycles. The molecule has 0 bridgehead atoms. The van der Waals surface area contributed by atoms with Crippen LogP contribution in [-0.4, -0.2) is 10.9 Å². The third-order valence-corrected chi connectivity index (χ3v) is 4.98. The van der Waals surface area contributed by atoms with Crippen LogP contribution in [0.4, 0.5) is 5.13 Å². The quantitative estimate of drug-likeness (QED) is 0.558. The van der Waals surface area contributed by atoms with Gasteiger partial charge in [0, 0.05) is 28.3 Å². The Kier molecular flexibility index (Phi) is 4.33. The molecule has 2 aromatic heterocycles. The summed E-state index contributed by atoms with van der Waals surface area (Å²) >= 11 is 1.42. The largest absolute Gasteiger partial charge is 0.456 e. The van der Waals surface area contributed by atoms with Gasteiger partial charge in [-0.1, -0.05) is 23.8 Å². The zero-order valence-electron chi connectivity index (χ0n) is 14.8. The number of hydrogen-bond donors (Lipinski definition) is 1. The SMILES string of the molecule is Cc1ccc2oc(-c3ccc(C(=O)Nc4ncc(C)s4)cc3)cc(=O)c2c1. The van der Waals surface area contributed by atoms with Gasteiger partial charge in [-0.3, -0.25) is 14.9 Å². The fourth-order valence-electron chi connectivity index (χ4n) is 2.78. The minimum Gasteiger partial charge on any atom is -0.456 e. The summed E-state index contributed by atoms with van der Waals surface area (Å²) in [5.41, 5.74) is 2.70. The summed E-state index contributed by atoms with van der Waals surface area (Å²) in [5.74, 6) is 0.241. The lowest BCUT2D eigenvalue weighted by molar-refractivity contribution is 0.102. The van der Waals surface area contributed by atoms with E-state index in [2.05, 4.69) is 10.3 Å². The van der Waals surface area contributed by atoms with Crippen molar-refractivity contribution in [3.05, 3.63) is 81.0 Å². The van der Waals surface area contributed by atoms with Gasteiger partial charge >= 0.3 is 0 Å². The number of benzene rings is 2. The third-order valence-electron chi connectivity index (χ3n) is 4.16. The van der Waals surface area contributed by atoms with Gasteiger partial charge in [-0.15, -0.1) is 11.3 Å². The van der Waals surface area contributed by atoms with E-state index in [4.69, 9.17) is 4.42 Å². The number of nitrogens with zero attached hydrogens (tertiary/aromatic N) is 1. The van der Waals surface area contributed by atoms with Crippen molar-refractivity contribution in [2.75, 3.05) is 5.32 Å². The van der Waals surface area contributed by atoms with Crippen molar-refractivity contribution in [3.63, 3.8) is 0 Å². The van der Waals surface area contributed by atoms with Crippen molar-refractivity contribution >= 4 is 33.3 Å². The number of carbonyl (C=O) groups excluding carboxylic acids is 1. The Morgan fingerprint density at radius 2 is 1.85 bits per heavy atom. The van der Waals surface area contributed by atoms with Crippen LogP contribution < -0.4 is 10.7 Å². The molecule has 0 saturated heterocycles. The molecule has 0 atom stereocenters. The average molecular weight is 376 g/mol. The van der Waals surface area contributed by atoms with Crippen LogP contribution in [0.15, 0.2) is 63.9 Å². The number of carbonyl (C=O) groups is 1. The van der Waals surface area contributed by atoms with E-state index in [1.165, 1.54) is 17.4 Å². The fraction of sp³-hybridized carbons (Fsp3) is 0.0952. The molecule has 4 rings (SSSR count). The van der Waals surface area contributed by atoms with Crippen LogP contribution in [0.3, 0.4) is 0 Å². The summed E-state index contributed by atoms with van der Waals surface area (Å²) in [5, 5.41) is 3.90. The van der Waals surface area contributed by atoms with Gasteiger partial charge in [0.2, 0.25) is 0 Å². The summed E-state index contributed by atoms with van der Waals surface area (Å²) in [4.78, 5) is 29.8. The van der Waals surface area contributed by atoms with Crippen LogP contribution in [-0.2, 0) is 0 Å². The maximum Gasteiger partial charge on any atom is 0.257 e. The van der Waals surface area contributed by atoms with Crippen LogP contribution in [0.2, 0.25) is 0 Å². The Balaban J connectivity index is 1.62. The smallest absolute Gasteiger partial charge is 0.257 e. The predicted octanol–water partition coefficient (Wildman–Crippen LogP) is 4.79. The molecule has 1 amide bonds. The van der Waals surface area contributed by atoms with Gasteiger partial charge in [0.05, 0.1) is 5.39 Å². The van der Waals surface area contributed by atoms with Gasteiger partial charge in [0.15, 0.2) is 10.6 Å². The van der Waals surface area contributed by atoms with Crippen LogP contribution >= 0.6 is 11.3 Å². The second-order valence-corrected chi connectivity index (χ2v) is 7.52. The number of aryl methyl sites for hydroxylation is 2. The highest BCUT2D eigenvalue weighted by atomic mass is 32.1. The Morgan fingerprint density at radius 1 is 1.07 bits per heavy atom. The van der Waals surface area contributed by atoms with E-state index in [1.807, 2.05) is 26.0 Å². The minimum absolute atomic E-state index is 0.0871. The molecule has 6 heteroatoms. The first-order valence-corrected chi connectivity index (χ1v) is 9.20. The summed E-state index contributed by atoms with van der Waals surface area (Å²) in [6, 6.07) is 13.9. The molecule has 134 valence electrons. The first-order chi connectivity index (χ1) is 13.0. The van der Waals surface area contributed by atoms with Crippen molar-refractivity contribution in [2.24, 2.45) is 0 Å². The number of nitrogens with one attached hydrogen (secondary N) is 1. The Morgan fingerprint density at radius 3 is 2.56 bits per heavy atom. The number of hydrogen-bond acceptors (Lipinski definition) is 5. The molecule has 0 spiro atoms. The zero-order chi connectivity index (χ0) is 19.0. The number of amides is 1. The first-order valence-electron chi connectivity index (χ1n) is 8.38. The maximum atomic E-state index is 12.4. The Bertz CT molecular complexity index is 1210. The summed E-state index contributed by atoms with van der Waals surface area (Å²) in [6.07, 6.45) is 1.71. The van der Waals surface area contributed by atoms with E-state index in [1.54, 1.807) is 36.5 Å². The van der Waals surface area contributed by atoms with Crippen molar-refractivity contribution in [1.29, 1.82) is 0 Å². The zero-order valence-corrected chi connectivity index (χ0v) is 15.6. The van der Waals surface area contributed by atoms with E-state index in [0.717, 1.165) is 16.0 Å². The summed E-state index contributed by atoms with van der Waals surface area (Å²) in [6.45, 7) is 3.87. The van der Waals surface area contributed by atoms with Crippen LogP contribution in [0.1, 0.15) is 20.8 Å². The van der Waals surface area contributed by atoms with E-state index < -0.39 is 0 Å². The minimum atomic E-state index is -0.230. The molecule has 0 radical (unpaired) electrons. The van der Waals surface area contributed by atoms with Crippen LogP contribution in [0, 0.1) is 13.8 Å². The molecule has 5 nitrogen and oxygen atoms in total.